The molecule has 2 heterocycles. The number of hydrogen-bond donors (Lipinski definition) is 1. The second-order valence-corrected chi connectivity index (χ2v) is 7.65. The van der Waals surface area contributed by atoms with E-state index in [1.165, 1.54) is 5.56 Å². The second kappa shape index (κ2) is 7.15. The summed E-state index contributed by atoms with van der Waals surface area (Å²) in [5.41, 5.74) is 2.48. The lowest BCUT2D eigenvalue weighted by Gasteiger charge is -2.27. The molecule has 0 radical (unpaired) electrons. The first-order chi connectivity index (χ1) is 13.4. The Morgan fingerprint density at radius 2 is 1.79 bits per heavy atom. The van der Waals surface area contributed by atoms with E-state index in [-0.39, 0.29) is 24.2 Å². The highest BCUT2D eigenvalue weighted by molar-refractivity contribution is 5.99. The Balaban J connectivity index is 1.48. The van der Waals surface area contributed by atoms with E-state index in [0.717, 1.165) is 17.7 Å². The summed E-state index contributed by atoms with van der Waals surface area (Å²) >= 11 is 0. The van der Waals surface area contributed by atoms with Gasteiger partial charge in [0.1, 0.15) is 11.4 Å². The van der Waals surface area contributed by atoms with Crippen molar-refractivity contribution in [1.82, 2.24) is 5.32 Å². The van der Waals surface area contributed by atoms with Crippen molar-refractivity contribution >= 4 is 11.9 Å². The van der Waals surface area contributed by atoms with E-state index in [9.17, 15) is 9.59 Å². The highest BCUT2D eigenvalue weighted by Gasteiger charge is 2.47. The number of amides is 1. The zero-order valence-electron chi connectivity index (χ0n) is 16.0. The van der Waals surface area contributed by atoms with E-state index >= 15 is 0 Å². The predicted molar refractivity (Wildman–Crippen MR) is 105 cm³/mol. The Bertz CT molecular complexity index is 929. The van der Waals surface area contributed by atoms with Gasteiger partial charge in [-0.05, 0) is 37.1 Å². The molecule has 1 N–H and O–H groups in total. The highest BCUT2D eigenvalue weighted by Crippen LogP contribution is 2.42. The molecule has 2 aliphatic rings. The number of carbonyl (C=O) groups is 2. The summed E-state index contributed by atoms with van der Waals surface area (Å²) in [6, 6.07) is 17.8. The van der Waals surface area contributed by atoms with Crippen molar-refractivity contribution in [3.63, 3.8) is 0 Å². The molecule has 28 heavy (non-hydrogen) atoms. The molecule has 4 rings (SSSR count). The predicted octanol–water partition coefficient (Wildman–Crippen LogP) is 3.50. The number of carbonyl (C=O) groups excluding carboxylic acids is 2. The number of rotatable bonds is 5. The monoisotopic (exact) mass is 377 g/mol. The van der Waals surface area contributed by atoms with E-state index in [1.807, 2.05) is 42.5 Å². The number of cyclic esters (lactones) is 1. The van der Waals surface area contributed by atoms with Crippen LogP contribution in [0.3, 0.4) is 0 Å². The van der Waals surface area contributed by atoms with Crippen molar-refractivity contribution in [1.29, 1.82) is 0 Å². The van der Waals surface area contributed by atoms with Gasteiger partial charge in [0.15, 0.2) is 0 Å². The third-order valence-corrected chi connectivity index (χ3v) is 5.23. The molecule has 0 saturated heterocycles. The van der Waals surface area contributed by atoms with E-state index in [0.29, 0.717) is 17.9 Å². The normalized spacial score (nSPS) is 20.4. The van der Waals surface area contributed by atoms with Crippen LogP contribution in [0, 0.1) is 0 Å². The summed E-state index contributed by atoms with van der Waals surface area (Å²) in [7, 11) is 0. The van der Waals surface area contributed by atoms with Gasteiger partial charge in [0, 0.05) is 18.8 Å². The number of ether oxygens (including phenoxy) is 2. The van der Waals surface area contributed by atoms with Crippen LogP contribution in [0.25, 0.3) is 0 Å². The minimum Gasteiger partial charge on any atom is -0.493 e. The van der Waals surface area contributed by atoms with Gasteiger partial charge in [-0.2, -0.15) is 0 Å². The lowest BCUT2D eigenvalue weighted by atomic mass is 9.83. The minimum atomic E-state index is -0.804. The van der Waals surface area contributed by atoms with Gasteiger partial charge < -0.3 is 14.8 Å². The summed E-state index contributed by atoms with van der Waals surface area (Å²) in [6.45, 7) is 4.17. The number of esters is 1. The largest absolute Gasteiger partial charge is 0.493 e. The minimum absolute atomic E-state index is 0.0988. The van der Waals surface area contributed by atoms with E-state index in [2.05, 4.69) is 17.4 Å². The Labute approximate surface area is 164 Å². The average Bonchev–Trinajstić information content (AvgIpc) is 2.91. The summed E-state index contributed by atoms with van der Waals surface area (Å²) in [5, 5.41) is 2.82. The fourth-order valence-electron chi connectivity index (χ4n) is 3.79. The number of benzene rings is 2. The quantitative estimate of drug-likeness (QED) is 0.810. The van der Waals surface area contributed by atoms with Crippen molar-refractivity contribution in [2.75, 3.05) is 6.61 Å². The van der Waals surface area contributed by atoms with E-state index < -0.39 is 5.60 Å². The molecule has 0 saturated carbocycles. The van der Waals surface area contributed by atoms with Gasteiger partial charge in [-0.3, -0.25) is 4.79 Å². The molecule has 2 aromatic carbocycles. The first-order valence-corrected chi connectivity index (χ1v) is 9.48. The molecule has 144 valence electrons. The van der Waals surface area contributed by atoms with Crippen molar-refractivity contribution in [3.8, 4) is 5.75 Å². The van der Waals surface area contributed by atoms with Gasteiger partial charge in [0.05, 0.1) is 17.9 Å². The summed E-state index contributed by atoms with van der Waals surface area (Å²) < 4.78 is 11.3. The third-order valence-electron chi connectivity index (χ3n) is 5.23. The van der Waals surface area contributed by atoms with E-state index in [1.54, 1.807) is 13.8 Å². The molecule has 5 heteroatoms. The molecule has 0 spiro atoms. The van der Waals surface area contributed by atoms with Crippen molar-refractivity contribution in [2.24, 2.45) is 0 Å². The van der Waals surface area contributed by atoms with Gasteiger partial charge in [-0.25, -0.2) is 4.79 Å². The molecular weight excluding hydrogens is 354 g/mol. The lowest BCUT2D eigenvalue weighted by molar-refractivity contribution is -0.144. The molecule has 0 bridgehead atoms. The maximum Gasteiger partial charge on any atom is 0.337 e. The zero-order chi connectivity index (χ0) is 19.7. The Hall–Kier alpha value is -3.08. The third kappa shape index (κ3) is 3.52. The van der Waals surface area contributed by atoms with Gasteiger partial charge in [0.2, 0.25) is 5.91 Å². The fraction of sp³-hybridized carbons (Fsp3) is 0.304. The molecule has 0 aromatic heterocycles. The van der Waals surface area contributed by atoms with Crippen LogP contribution < -0.4 is 10.1 Å². The first kappa shape index (κ1) is 18.3. The van der Waals surface area contributed by atoms with Crippen molar-refractivity contribution in [2.45, 2.75) is 38.2 Å². The molecule has 0 fully saturated rings. The van der Waals surface area contributed by atoms with Crippen LogP contribution in [0.5, 0.6) is 5.75 Å². The fourth-order valence-corrected chi connectivity index (χ4v) is 3.79. The maximum absolute atomic E-state index is 12.4. The highest BCUT2D eigenvalue weighted by atomic mass is 16.6. The molecule has 0 aliphatic carbocycles. The molecule has 1 atom stereocenters. The molecule has 2 aromatic rings. The smallest absolute Gasteiger partial charge is 0.337 e. The maximum atomic E-state index is 12.4. The van der Waals surface area contributed by atoms with Crippen LogP contribution in [-0.4, -0.2) is 24.1 Å². The zero-order valence-corrected chi connectivity index (χ0v) is 16.0. The number of hydrogen-bond acceptors (Lipinski definition) is 4. The van der Waals surface area contributed by atoms with Gasteiger partial charge in [-0.1, -0.05) is 42.5 Å². The van der Waals surface area contributed by atoms with Crippen LogP contribution >= 0.6 is 0 Å². The first-order valence-electron chi connectivity index (χ1n) is 9.48. The summed E-state index contributed by atoms with van der Waals surface area (Å²) in [6.07, 6.45) is 1.07. The summed E-state index contributed by atoms with van der Waals surface area (Å²) in [5.74, 6) is 0.0198. The van der Waals surface area contributed by atoms with Gasteiger partial charge in [-0.15, -0.1) is 0 Å². The molecule has 2 aliphatic heterocycles. The molecular formula is C23H23NO4. The number of nitrogens with one attached hydrogen (secondary N) is 1. The Morgan fingerprint density at radius 3 is 2.50 bits per heavy atom. The van der Waals surface area contributed by atoms with Crippen LogP contribution in [0.15, 0.2) is 65.9 Å². The van der Waals surface area contributed by atoms with Crippen LogP contribution in [-0.2, 0) is 20.7 Å². The topological polar surface area (TPSA) is 64.6 Å². The second-order valence-electron chi connectivity index (χ2n) is 7.65. The lowest BCUT2D eigenvalue weighted by Crippen LogP contribution is -2.38. The Morgan fingerprint density at radius 1 is 1.07 bits per heavy atom. The Kier molecular flexibility index (Phi) is 4.67. The molecule has 1 amide bonds. The van der Waals surface area contributed by atoms with Crippen LogP contribution in [0.1, 0.15) is 37.3 Å². The SMILES string of the molecule is CC1(C)OC(=O)C2=C1NC(=O)CC2c1ccc(OCCc2ccccc2)cc1. The summed E-state index contributed by atoms with van der Waals surface area (Å²) in [4.78, 5) is 24.6. The van der Waals surface area contributed by atoms with Gasteiger partial charge in [0.25, 0.3) is 0 Å². The van der Waals surface area contributed by atoms with Crippen LogP contribution in [0.2, 0.25) is 0 Å². The van der Waals surface area contributed by atoms with Gasteiger partial charge >= 0.3 is 5.97 Å². The molecule has 1 unspecified atom stereocenters. The van der Waals surface area contributed by atoms with Crippen molar-refractivity contribution < 1.29 is 19.1 Å². The standard InChI is InChI=1S/C23H23NO4/c1-23(2)21-20(22(26)28-23)18(14-19(25)24-21)16-8-10-17(11-9-16)27-13-12-15-6-4-3-5-7-15/h3-11,18H,12-14H2,1-2H3,(H,24,25). The van der Waals surface area contributed by atoms with E-state index in [4.69, 9.17) is 9.47 Å². The average molecular weight is 377 g/mol. The van der Waals surface area contributed by atoms with Crippen LogP contribution in [0.4, 0.5) is 0 Å². The molecule has 5 nitrogen and oxygen atoms in total. The van der Waals surface area contributed by atoms with Crippen molar-refractivity contribution in [3.05, 3.63) is 77.0 Å².